The van der Waals surface area contributed by atoms with Gasteiger partial charge in [-0.3, -0.25) is 4.98 Å². The van der Waals surface area contributed by atoms with Crippen molar-refractivity contribution < 1.29 is 0 Å². The van der Waals surface area contributed by atoms with Gasteiger partial charge in [0.1, 0.15) is 5.82 Å². The molecule has 0 bridgehead atoms. The number of aryl methyl sites for hydroxylation is 1. The van der Waals surface area contributed by atoms with Crippen LogP contribution in [0.5, 0.6) is 0 Å². The maximum Gasteiger partial charge on any atom is 0.145 e. The van der Waals surface area contributed by atoms with E-state index in [4.69, 9.17) is 11.6 Å². The first kappa shape index (κ1) is 12.8. The van der Waals surface area contributed by atoms with Crippen LogP contribution in [0.4, 0.5) is 5.82 Å². The van der Waals surface area contributed by atoms with Crippen molar-refractivity contribution in [3.8, 4) is 11.3 Å². The molecule has 0 unspecified atom stereocenters. The lowest BCUT2D eigenvalue weighted by molar-refractivity contribution is 0.965. The number of rotatable bonds is 4. The minimum Gasteiger partial charge on any atom is -0.369 e. The monoisotopic (exact) mass is 261 g/mol. The van der Waals surface area contributed by atoms with E-state index in [0.717, 1.165) is 40.6 Å². The van der Waals surface area contributed by atoms with E-state index in [0.29, 0.717) is 0 Å². The van der Waals surface area contributed by atoms with Gasteiger partial charge in [-0.15, -0.1) is 0 Å². The quantitative estimate of drug-likeness (QED) is 0.906. The Hall–Kier alpha value is -1.61. The first-order valence-corrected chi connectivity index (χ1v) is 6.41. The van der Waals surface area contributed by atoms with E-state index in [-0.39, 0.29) is 0 Å². The zero-order valence-corrected chi connectivity index (χ0v) is 11.3. The second-order valence-electron chi connectivity index (χ2n) is 4.18. The number of nitrogens with zero attached hydrogens (tertiary/aromatic N) is 2. The lowest BCUT2D eigenvalue weighted by Crippen LogP contribution is -2.02. The molecule has 2 rings (SSSR count). The second kappa shape index (κ2) is 5.83. The molecule has 0 atom stereocenters. The molecule has 0 radical (unpaired) electrons. The lowest BCUT2D eigenvalue weighted by Gasteiger charge is -2.07. The molecule has 1 aromatic carbocycles. The summed E-state index contributed by atoms with van der Waals surface area (Å²) in [7, 11) is 0. The van der Waals surface area contributed by atoms with Crippen molar-refractivity contribution in [1.29, 1.82) is 0 Å². The number of halogens is 1. The fourth-order valence-corrected chi connectivity index (χ4v) is 1.78. The Labute approximate surface area is 112 Å². The highest BCUT2D eigenvalue weighted by Gasteiger charge is 2.04. The van der Waals surface area contributed by atoms with Gasteiger partial charge in [-0.05, 0) is 25.0 Å². The standard InChI is InChI=1S/C14H16ClN3/c1-3-6-17-14-9-16-8-13(18-14)11-5-4-10(2)12(15)7-11/h4-5,7-9H,3,6H2,1-2H3,(H,17,18). The summed E-state index contributed by atoms with van der Waals surface area (Å²) in [6.07, 6.45) is 4.54. The van der Waals surface area contributed by atoms with Gasteiger partial charge in [0.2, 0.25) is 0 Å². The van der Waals surface area contributed by atoms with Gasteiger partial charge < -0.3 is 5.32 Å². The van der Waals surface area contributed by atoms with Crippen LogP contribution in [0.25, 0.3) is 11.3 Å². The molecule has 3 nitrogen and oxygen atoms in total. The van der Waals surface area contributed by atoms with Crippen LogP contribution in [0.2, 0.25) is 5.02 Å². The molecule has 0 saturated carbocycles. The van der Waals surface area contributed by atoms with Gasteiger partial charge in [-0.1, -0.05) is 30.7 Å². The molecular weight excluding hydrogens is 246 g/mol. The van der Waals surface area contributed by atoms with Gasteiger partial charge in [0.05, 0.1) is 18.1 Å². The van der Waals surface area contributed by atoms with Gasteiger partial charge in [0, 0.05) is 17.1 Å². The highest BCUT2D eigenvalue weighted by atomic mass is 35.5. The SMILES string of the molecule is CCCNc1cncc(-c2ccc(C)c(Cl)c2)n1. The Morgan fingerprint density at radius 2 is 2.11 bits per heavy atom. The van der Waals surface area contributed by atoms with Crippen molar-refractivity contribution >= 4 is 17.4 Å². The molecule has 0 aliphatic rings. The number of hydrogen-bond donors (Lipinski definition) is 1. The lowest BCUT2D eigenvalue weighted by atomic mass is 10.1. The minimum atomic E-state index is 0.751. The average Bonchev–Trinajstić information content (AvgIpc) is 2.40. The summed E-state index contributed by atoms with van der Waals surface area (Å²) in [5, 5.41) is 3.97. The van der Waals surface area contributed by atoms with E-state index in [9.17, 15) is 0 Å². The Balaban J connectivity index is 2.29. The molecule has 1 aromatic heterocycles. The highest BCUT2D eigenvalue weighted by molar-refractivity contribution is 6.31. The van der Waals surface area contributed by atoms with Gasteiger partial charge >= 0.3 is 0 Å². The molecule has 0 aliphatic heterocycles. The summed E-state index contributed by atoms with van der Waals surface area (Å²) < 4.78 is 0. The summed E-state index contributed by atoms with van der Waals surface area (Å²) >= 11 is 6.12. The molecule has 2 aromatic rings. The van der Waals surface area contributed by atoms with E-state index in [1.807, 2.05) is 25.1 Å². The van der Waals surface area contributed by atoms with E-state index < -0.39 is 0 Å². The van der Waals surface area contributed by atoms with Gasteiger partial charge in [-0.25, -0.2) is 4.98 Å². The van der Waals surface area contributed by atoms with Gasteiger partial charge in [0.25, 0.3) is 0 Å². The van der Waals surface area contributed by atoms with Crippen LogP contribution in [-0.2, 0) is 0 Å². The third kappa shape index (κ3) is 2.99. The Bertz CT molecular complexity index is 540. The van der Waals surface area contributed by atoms with Crippen LogP contribution in [0.15, 0.2) is 30.6 Å². The van der Waals surface area contributed by atoms with Crippen LogP contribution in [-0.4, -0.2) is 16.5 Å². The van der Waals surface area contributed by atoms with Crippen LogP contribution in [0.3, 0.4) is 0 Å². The third-order valence-corrected chi connectivity index (χ3v) is 3.07. The summed E-state index contributed by atoms with van der Waals surface area (Å²) in [5.74, 6) is 0.797. The molecular formula is C14H16ClN3. The van der Waals surface area contributed by atoms with Crippen molar-refractivity contribution in [2.24, 2.45) is 0 Å². The number of aromatic nitrogens is 2. The first-order chi connectivity index (χ1) is 8.70. The number of anilines is 1. The topological polar surface area (TPSA) is 37.8 Å². The molecule has 0 aliphatic carbocycles. The van der Waals surface area contributed by atoms with E-state index in [1.54, 1.807) is 12.4 Å². The fourth-order valence-electron chi connectivity index (χ4n) is 1.60. The van der Waals surface area contributed by atoms with Crippen molar-refractivity contribution in [3.05, 3.63) is 41.2 Å². The van der Waals surface area contributed by atoms with Gasteiger partial charge in [0.15, 0.2) is 0 Å². The minimum absolute atomic E-state index is 0.751. The molecule has 0 saturated heterocycles. The van der Waals surface area contributed by atoms with Crippen LogP contribution in [0, 0.1) is 6.92 Å². The Morgan fingerprint density at radius 3 is 2.83 bits per heavy atom. The van der Waals surface area contributed by atoms with Crippen molar-refractivity contribution in [2.75, 3.05) is 11.9 Å². The van der Waals surface area contributed by atoms with E-state index >= 15 is 0 Å². The normalized spacial score (nSPS) is 10.4. The zero-order valence-electron chi connectivity index (χ0n) is 10.6. The summed E-state index contributed by atoms with van der Waals surface area (Å²) in [6.45, 7) is 4.99. The predicted octanol–water partition coefficient (Wildman–Crippen LogP) is 3.93. The number of nitrogens with one attached hydrogen (secondary N) is 1. The Kier molecular flexibility index (Phi) is 4.15. The van der Waals surface area contributed by atoms with Crippen molar-refractivity contribution in [1.82, 2.24) is 9.97 Å². The second-order valence-corrected chi connectivity index (χ2v) is 4.59. The molecule has 0 amide bonds. The van der Waals surface area contributed by atoms with Crippen molar-refractivity contribution in [3.63, 3.8) is 0 Å². The third-order valence-electron chi connectivity index (χ3n) is 2.66. The molecule has 1 N–H and O–H groups in total. The molecule has 0 spiro atoms. The van der Waals surface area contributed by atoms with Crippen LogP contribution >= 0.6 is 11.6 Å². The number of benzene rings is 1. The van der Waals surface area contributed by atoms with E-state index in [2.05, 4.69) is 22.2 Å². The first-order valence-electron chi connectivity index (χ1n) is 6.03. The summed E-state index contributed by atoms with van der Waals surface area (Å²) in [6, 6.07) is 5.92. The van der Waals surface area contributed by atoms with Crippen LogP contribution in [0.1, 0.15) is 18.9 Å². The largest absolute Gasteiger partial charge is 0.369 e. The maximum absolute atomic E-state index is 6.12. The van der Waals surface area contributed by atoms with Crippen molar-refractivity contribution in [2.45, 2.75) is 20.3 Å². The molecule has 0 fully saturated rings. The summed E-state index contributed by atoms with van der Waals surface area (Å²) in [5.41, 5.74) is 2.88. The van der Waals surface area contributed by atoms with Crippen LogP contribution < -0.4 is 5.32 Å². The number of hydrogen-bond acceptors (Lipinski definition) is 3. The molecule has 94 valence electrons. The highest BCUT2D eigenvalue weighted by Crippen LogP contribution is 2.24. The average molecular weight is 262 g/mol. The van der Waals surface area contributed by atoms with E-state index in [1.165, 1.54) is 0 Å². The zero-order chi connectivity index (χ0) is 13.0. The molecule has 18 heavy (non-hydrogen) atoms. The fraction of sp³-hybridized carbons (Fsp3) is 0.286. The van der Waals surface area contributed by atoms with Gasteiger partial charge in [-0.2, -0.15) is 0 Å². The smallest absolute Gasteiger partial charge is 0.145 e. The maximum atomic E-state index is 6.12. The Morgan fingerprint density at radius 1 is 1.28 bits per heavy atom. The molecule has 1 heterocycles. The molecule has 4 heteroatoms. The summed E-state index contributed by atoms with van der Waals surface area (Å²) in [4.78, 5) is 8.72. The predicted molar refractivity (Wildman–Crippen MR) is 76.0 cm³/mol.